The molecule has 4 unspecified atom stereocenters. The third-order valence-electron chi connectivity index (χ3n) is 28.2. The van der Waals surface area contributed by atoms with Crippen LogP contribution >= 0.6 is 69.6 Å². The van der Waals surface area contributed by atoms with Gasteiger partial charge in [-0.3, -0.25) is 37.9 Å². The van der Waals surface area contributed by atoms with Crippen molar-refractivity contribution in [1.29, 1.82) is 0 Å². The van der Waals surface area contributed by atoms with Gasteiger partial charge < -0.3 is 21.3 Å². The van der Waals surface area contributed by atoms with Gasteiger partial charge in [0.15, 0.2) is 22.8 Å². The summed E-state index contributed by atoms with van der Waals surface area (Å²) >= 11 is 37.4. The molecule has 0 aliphatic heterocycles. The zero-order chi connectivity index (χ0) is 86.6. The van der Waals surface area contributed by atoms with Crippen LogP contribution < -0.4 is 21.3 Å². The Kier molecular flexibility index (Phi) is 30.3. The number of carbonyl (C=O) groups excluding carboxylic acids is 4. The van der Waals surface area contributed by atoms with E-state index in [0.717, 1.165) is 219 Å². The Hall–Kier alpha value is -8.22. The molecule has 4 amide bonds. The number of rotatable bonds is 22. The molecular weight excluding hydrogens is 1690 g/mol. The van der Waals surface area contributed by atoms with Crippen LogP contribution in [0.3, 0.4) is 0 Å². The highest BCUT2D eigenvalue weighted by Crippen LogP contribution is 2.45. The fourth-order valence-corrected chi connectivity index (χ4v) is 21.9. The number of halogens is 6. The van der Waals surface area contributed by atoms with Gasteiger partial charge in [-0.25, -0.2) is 0 Å². The summed E-state index contributed by atoms with van der Waals surface area (Å²) in [4.78, 5) is 52.6. The Morgan fingerprint density at radius 1 is 0.286 bits per heavy atom. The quantitative estimate of drug-likeness (QED) is 0.0483. The van der Waals surface area contributed by atoms with Gasteiger partial charge in [-0.2, -0.15) is 20.4 Å². The van der Waals surface area contributed by atoms with E-state index in [0.29, 0.717) is 95.8 Å². The molecule has 6 fully saturated rings. The number of nitrogens with zero attached hydrogens (tertiary/aromatic N) is 8. The van der Waals surface area contributed by atoms with Crippen molar-refractivity contribution < 1.29 is 19.2 Å². The fourth-order valence-electron chi connectivity index (χ4n) is 20.9. The van der Waals surface area contributed by atoms with Gasteiger partial charge in [-0.1, -0.05) is 213 Å². The molecule has 6 aromatic carbocycles. The first-order valence-electron chi connectivity index (χ1n) is 47.6. The number of aromatic nitrogens is 8. The Bertz CT molecular complexity index is 5390. The van der Waals surface area contributed by atoms with Gasteiger partial charge in [0.25, 0.3) is 23.6 Å². The maximum atomic E-state index is 13.2. The lowest BCUT2D eigenvalue weighted by molar-refractivity contribution is 0.0901. The lowest BCUT2D eigenvalue weighted by atomic mass is 9.89. The summed E-state index contributed by atoms with van der Waals surface area (Å²) in [7, 11) is 0. The van der Waals surface area contributed by atoms with Gasteiger partial charge >= 0.3 is 0 Å². The molecule has 10 aliphatic rings. The van der Waals surface area contributed by atoms with E-state index >= 15 is 0 Å². The Morgan fingerprint density at radius 2 is 0.611 bits per heavy atom. The maximum Gasteiger partial charge on any atom is 0.272 e. The maximum absolute atomic E-state index is 13.2. The molecule has 20 rings (SSSR count). The third kappa shape index (κ3) is 22.8. The molecule has 6 saturated carbocycles. The first kappa shape index (κ1) is 89.7. The molecule has 126 heavy (non-hydrogen) atoms. The molecular formula is C104H122Cl6N12O4. The minimum Gasteiger partial charge on any atom is -0.348 e. The normalized spacial score (nSPS) is 20.2. The lowest BCUT2D eigenvalue weighted by Crippen LogP contribution is -2.40. The van der Waals surface area contributed by atoms with Gasteiger partial charge in [-0.05, 0) is 293 Å². The summed E-state index contributed by atoms with van der Waals surface area (Å²) in [6.07, 6.45) is 44.5. The van der Waals surface area contributed by atoms with Crippen molar-refractivity contribution in [3.05, 3.63) is 277 Å². The van der Waals surface area contributed by atoms with Gasteiger partial charge in [0.2, 0.25) is 0 Å². The second kappa shape index (κ2) is 42.6. The largest absolute Gasteiger partial charge is 0.348 e. The standard InChI is InChI=1S/2C27H29Cl2N3O.2C25H32ClN3O/c28-21-13-11-18(12-14-21)17-32-26-20(15-19-5-3-7-22(29)16-19)6-1-2-10-24(26)25(31-32)27(33)30-23-8-4-9-23;28-21-12-8-18(9-13-21)16-20-4-1-2-7-24-25(27(33)30-23-5-3-6-23)31-32(26(20)24)17-19-10-14-22(29)15-11-19;26-22-13-7-5-8-17(22)16-18-9-4-6-12-21-23(25(30)27-19-14-15-19)28-29(24(18)21)20-10-2-1-3-11-20;26-19-9-6-7-17(16-19)15-18-8-4-5-12-22-23(25(30)27-20-13-14-20)28-29(24(18)22)21-10-2-1-3-11-21/h3,5,7,11-14,16,20,23H,1-2,4,6,8-10,15,17H2,(H,30,33);8-15,20,23H,1-7,16-17H2,(H,30,33);5,7-8,13,18-20H,1-4,6,9-12,14-16H2,(H,27,30);6-7,9,16,18,20-21H,1-5,8,10-15H2,(H,27,30). The monoisotopic (exact) mass is 1810 g/mol. The van der Waals surface area contributed by atoms with Crippen LogP contribution in [0.15, 0.2) is 146 Å². The van der Waals surface area contributed by atoms with Crippen LogP contribution in [0.25, 0.3) is 0 Å². The number of fused-ring (bicyclic) bond motifs is 4. The van der Waals surface area contributed by atoms with Gasteiger partial charge in [0, 0.05) is 123 Å². The van der Waals surface area contributed by atoms with E-state index in [2.05, 4.69) is 88.5 Å². The van der Waals surface area contributed by atoms with E-state index in [1.54, 1.807) is 0 Å². The number of carbonyl (C=O) groups is 4. The smallest absolute Gasteiger partial charge is 0.272 e. The molecule has 16 nitrogen and oxygen atoms in total. The first-order chi connectivity index (χ1) is 61.5. The van der Waals surface area contributed by atoms with Crippen molar-refractivity contribution in [3.63, 3.8) is 0 Å². The van der Waals surface area contributed by atoms with Crippen molar-refractivity contribution >= 4 is 93.2 Å². The molecule has 4 heterocycles. The van der Waals surface area contributed by atoms with E-state index in [9.17, 15) is 19.2 Å². The molecule has 10 aliphatic carbocycles. The highest BCUT2D eigenvalue weighted by atomic mass is 35.5. The predicted molar refractivity (Wildman–Crippen MR) is 507 cm³/mol. The molecule has 4 atom stereocenters. The molecule has 4 N–H and O–H groups in total. The fraction of sp³-hybridized carbons (Fsp3) is 0.500. The topological polar surface area (TPSA) is 188 Å². The van der Waals surface area contributed by atoms with E-state index in [4.69, 9.17) is 90.0 Å². The Morgan fingerprint density at radius 3 is 0.968 bits per heavy atom. The molecule has 664 valence electrons. The van der Waals surface area contributed by atoms with E-state index in [1.807, 2.05) is 97.1 Å². The number of amides is 4. The molecule has 0 saturated heterocycles. The third-order valence-corrected chi connectivity index (χ3v) is 29.8. The predicted octanol–water partition coefficient (Wildman–Crippen LogP) is 25.1. The highest BCUT2D eigenvalue weighted by molar-refractivity contribution is 6.32. The van der Waals surface area contributed by atoms with Crippen molar-refractivity contribution in [2.45, 2.75) is 330 Å². The number of hydrogen-bond acceptors (Lipinski definition) is 8. The zero-order valence-corrected chi connectivity index (χ0v) is 77.3. The van der Waals surface area contributed by atoms with Crippen molar-refractivity contribution in [2.75, 3.05) is 0 Å². The van der Waals surface area contributed by atoms with Gasteiger partial charge in [-0.15, -0.1) is 0 Å². The summed E-state index contributed by atoms with van der Waals surface area (Å²) in [6.45, 7) is 1.26. The first-order valence-corrected chi connectivity index (χ1v) is 49.9. The molecule has 0 radical (unpaired) electrons. The zero-order valence-electron chi connectivity index (χ0n) is 72.8. The molecule has 0 spiro atoms. The minimum atomic E-state index is -0.0192. The average molecular weight is 1820 g/mol. The molecule has 22 heteroatoms. The molecule has 0 bridgehead atoms. The molecule has 4 aromatic heterocycles. The number of hydrogen-bond donors (Lipinski definition) is 4. The second-order valence-electron chi connectivity index (χ2n) is 37.7. The van der Waals surface area contributed by atoms with Crippen LogP contribution in [-0.4, -0.2) is 86.9 Å². The minimum absolute atomic E-state index is 0.0158. The average Bonchev–Trinajstić information content (AvgIpc) is 1.63. The van der Waals surface area contributed by atoms with E-state index in [-0.39, 0.29) is 23.6 Å². The van der Waals surface area contributed by atoms with E-state index < -0.39 is 0 Å². The SMILES string of the molecule is O=C(NC1CC1)c1nn(C2CCCCC2)c2c1CCCCC2Cc1cccc(Cl)c1.O=C(NC1CC1)c1nn(C2CCCCC2)c2c1CCCCC2Cc1ccccc1Cl.O=C(NC1CCC1)c1nn(Cc2ccc(Cl)cc2)c2c1CCCCC2Cc1ccc(Cl)cc1.O=C(NC1CCC1)c1nn(Cc2ccc(Cl)cc2)c2c1CCCCC2Cc1cccc(Cl)c1. The summed E-state index contributed by atoms with van der Waals surface area (Å²) in [5.41, 5.74) is 19.7. The number of nitrogens with one attached hydrogen (secondary N) is 4. The van der Waals surface area contributed by atoms with Crippen LogP contribution in [0.5, 0.6) is 0 Å². The summed E-state index contributed by atoms with van der Waals surface area (Å²) < 4.78 is 8.76. The Labute approximate surface area is 773 Å². The van der Waals surface area contributed by atoms with Gasteiger partial charge in [0.05, 0.1) is 25.2 Å². The summed E-state index contributed by atoms with van der Waals surface area (Å²) in [6, 6.07) is 50.7. The second-order valence-corrected chi connectivity index (χ2v) is 40.2. The molecule has 10 aromatic rings. The highest BCUT2D eigenvalue weighted by Gasteiger charge is 2.40. The lowest BCUT2D eigenvalue weighted by Gasteiger charge is -2.27. The van der Waals surface area contributed by atoms with Crippen LogP contribution in [-0.2, 0) is 64.5 Å². The van der Waals surface area contributed by atoms with Crippen molar-refractivity contribution in [3.8, 4) is 0 Å². The van der Waals surface area contributed by atoms with Crippen molar-refractivity contribution in [2.24, 2.45) is 0 Å². The summed E-state index contributed by atoms with van der Waals surface area (Å²) in [5, 5.41) is 37.3. The van der Waals surface area contributed by atoms with Gasteiger partial charge in [0.1, 0.15) is 0 Å². The summed E-state index contributed by atoms with van der Waals surface area (Å²) in [5.74, 6) is 1.44. The van der Waals surface area contributed by atoms with Crippen molar-refractivity contribution in [1.82, 2.24) is 60.4 Å². The van der Waals surface area contributed by atoms with Crippen LogP contribution in [0, 0.1) is 0 Å². The number of benzene rings is 6. The van der Waals surface area contributed by atoms with E-state index in [1.165, 1.54) is 146 Å². The van der Waals surface area contributed by atoms with Crippen LogP contribution in [0.4, 0.5) is 0 Å². The Balaban J connectivity index is 0.000000119. The van der Waals surface area contributed by atoms with Crippen LogP contribution in [0.1, 0.15) is 362 Å². The van der Waals surface area contributed by atoms with Crippen LogP contribution in [0.2, 0.25) is 30.1 Å².